The quantitative estimate of drug-likeness (QED) is 0.828. The molecule has 0 aliphatic heterocycles. The molecule has 126 valence electrons. The lowest BCUT2D eigenvalue weighted by Gasteiger charge is -2.24. The summed E-state index contributed by atoms with van der Waals surface area (Å²) in [6.07, 6.45) is 6.57. The van der Waals surface area contributed by atoms with E-state index in [0.29, 0.717) is 12.5 Å². The number of amides is 1. The molecular weight excluding hydrogens is 294 g/mol. The molecule has 1 saturated carbocycles. The molecule has 1 aliphatic carbocycles. The number of aryl methyl sites for hydroxylation is 1. The zero-order valence-corrected chi connectivity index (χ0v) is 14.5. The van der Waals surface area contributed by atoms with E-state index in [1.165, 1.54) is 36.0 Å². The highest BCUT2D eigenvalue weighted by Gasteiger charge is 2.21. The Balaban J connectivity index is 1.74. The number of carbonyl (C=O) groups excluding carboxylic acids is 1. The van der Waals surface area contributed by atoms with Crippen LogP contribution in [0.25, 0.3) is 0 Å². The number of hydrogen-bond donors (Lipinski definition) is 1. The smallest absolute Gasteiger partial charge is 0.221 e. The monoisotopic (exact) mass is 321 g/mol. The van der Waals surface area contributed by atoms with Gasteiger partial charge in [0.15, 0.2) is 0 Å². The van der Waals surface area contributed by atoms with Crippen molar-refractivity contribution in [3.8, 4) is 0 Å². The second-order valence-corrected chi connectivity index (χ2v) is 6.98. The highest BCUT2D eigenvalue weighted by atomic mass is 16.1. The number of rotatable bonds is 5. The molecule has 0 unspecified atom stereocenters. The lowest BCUT2D eigenvalue weighted by atomic mass is 9.87. The Kier molecular flexibility index (Phi) is 5.68. The zero-order chi connectivity index (χ0) is 16.8. The SMILES string of the molecule is Cc1ccc([C@H](CC(=O)NC2CCCCC2)c2ccccc2)cc1. The third-order valence-electron chi connectivity index (χ3n) is 5.04. The van der Waals surface area contributed by atoms with Gasteiger partial charge in [0.2, 0.25) is 5.91 Å². The molecule has 0 aromatic heterocycles. The third-order valence-corrected chi connectivity index (χ3v) is 5.04. The summed E-state index contributed by atoms with van der Waals surface area (Å²) in [5, 5.41) is 3.26. The fourth-order valence-electron chi connectivity index (χ4n) is 3.63. The van der Waals surface area contributed by atoms with Crippen molar-refractivity contribution < 1.29 is 4.79 Å². The molecule has 1 aliphatic rings. The lowest BCUT2D eigenvalue weighted by molar-refractivity contribution is -0.122. The summed E-state index contributed by atoms with van der Waals surface area (Å²) in [6, 6.07) is 19.3. The topological polar surface area (TPSA) is 29.1 Å². The van der Waals surface area contributed by atoms with Gasteiger partial charge in [-0.3, -0.25) is 4.79 Å². The van der Waals surface area contributed by atoms with E-state index in [0.717, 1.165) is 12.8 Å². The van der Waals surface area contributed by atoms with Crippen molar-refractivity contribution in [2.45, 2.75) is 57.4 Å². The fourth-order valence-corrected chi connectivity index (χ4v) is 3.63. The molecule has 0 spiro atoms. The Bertz CT molecular complexity index is 641. The standard InChI is InChI=1S/C22H27NO/c1-17-12-14-19(15-13-17)21(18-8-4-2-5-9-18)16-22(24)23-20-10-6-3-7-11-20/h2,4-5,8-9,12-15,20-21H,3,6-7,10-11,16H2,1H3,(H,23,24)/t21-/m1/s1. The maximum Gasteiger partial charge on any atom is 0.221 e. The van der Waals surface area contributed by atoms with E-state index < -0.39 is 0 Å². The Morgan fingerprint density at radius 3 is 2.25 bits per heavy atom. The van der Waals surface area contributed by atoms with Crippen LogP contribution in [0.5, 0.6) is 0 Å². The van der Waals surface area contributed by atoms with Crippen LogP contribution in [0.2, 0.25) is 0 Å². The van der Waals surface area contributed by atoms with Crippen molar-refractivity contribution in [2.24, 2.45) is 0 Å². The molecule has 0 bridgehead atoms. The van der Waals surface area contributed by atoms with E-state index in [2.05, 4.69) is 60.8 Å². The van der Waals surface area contributed by atoms with Gasteiger partial charge in [-0.15, -0.1) is 0 Å². The largest absolute Gasteiger partial charge is 0.353 e. The molecule has 1 atom stereocenters. The zero-order valence-electron chi connectivity index (χ0n) is 14.5. The predicted octanol–water partition coefficient (Wildman–Crippen LogP) is 4.97. The van der Waals surface area contributed by atoms with Gasteiger partial charge in [0.1, 0.15) is 0 Å². The summed E-state index contributed by atoms with van der Waals surface area (Å²) < 4.78 is 0. The van der Waals surface area contributed by atoms with Gasteiger partial charge in [-0.1, -0.05) is 79.4 Å². The molecule has 0 saturated heterocycles. The predicted molar refractivity (Wildman–Crippen MR) is 99.1 cm³/mol. The van der Waals surface area contributed by atoms with Crippen molar-refractivity contribution in [3.05, 3.63) is 71.3 Å². The summed E-state index contributed by atoms with van der Waals surface area (Å²) in [5.74, 6) is 0.298. The second kappa shape index (κ2) is 8.14. The molecule has 0 radical (unpaired) electrons. The normalized spacial score (nSPS) is 16.5. The van der Waals surface area contributed by atoms with E-state index in [1.54, 1.807) is 0 Å². The van der Waals surface area contributed by atoms with Crippen LogP contribution in [0.3, 0.4) is 0 Å². The average Bonchev–Trinajstić information content (AvgIpc) is 2.62. The third kappa shape index (κ3) is 4.47. The fraction of sp³-hybridized carbons (Fsp3) is 0.409. The number of benzene rings is 2. The molecule has 1 fully saturated rings. The number of carbonyl (C=O) groups is 1. The first-order chi connectivity index (χ1) is 11.7. The van der Waals surface area contributed by atoms with Crippen molar-refractivity contribution in [2.75, 3.05) is 0 Å². The van der Waals surface area contributed by atoms with Gasteiger partial charge in [0.05, 0.1) is 0 Å². The van der Waals surface area contributed by atoms with Crippen LogP contribution in [0.15, 0.2) is 54.6 Å². The molecular formula is C22H27NO. The summed E-state index contributed by atoms with van der Waals surface area (Å²) in [5.41, 5.74) is 3.67. The van der Waals surface area contributed by atoms with Crippen molar-refractivity contribution in [1.82, 2.24) is 5.32 Å². The number of nitrogens with one attached hydrogen (secondary N) is 1. The maximum absolute atomic E-state index is 12.6. The van der Waals surface area contributed by atoms with Gasteiger partial charge in [-0.2, -0.15) is 0 Å². The van der Waals surface area contributed by atoms with E-state index >= 15 is 0 Å². The van der Waals surface area contributed by atoms with Crippen LogP contribution in [-0.4, -0.2) is 11.9 Å². The van der Waals surface area contributed by atoms with Crippen LogP contribution in [0.4, 0.5) is 0 Å². The molecule has 2 nitrogen and oxygen atoms in total. The van der Waals surface area contributed by atoms with E-state index in [-0.39, 0.29) is 11.8 Å². The van der Waals surface area contributed by atoms with Crippen molar-refractivity contribution >= 4 is 5.91 Å². The van der Waals surface area contributed by atoms with Gasteiger partial charge in [0.25, 0.3) is 0 Å². The molecule has 24 heavy (non-hydrogen) atoms. The Hall–Kier alpha value is -2.09. The van der Waals surface area contributed by atoms with Crippen LogP contribution >= 0.6 is 0 Å². The van der Waals surface area contributed by atoms with Crippen LogP contribution < -0.4 is 5.32 Å². The van der Waals surface area contributed by atoms with Gasteiger partial charge in [-0.05, 0) is 30.9 Å². The molecule has 3 rings (SSSR count). The minimum atomic E-state index is 0.121. The molecule has 1 N–H and O–H groups in total. The molecule has 1 amide bonds. The summed E-state index contributed by atoms with van der Waals surface area (Å²) >= 11 is 0. The summed E-state index contributed by atoms with van der Waals surface area (Å²) in [6.45, 7) is 2.09. The van der Waals surface area contributed by atoms with Crippen molar-refractivity contribution in [1.29, 1.82) is 0 Å². The van der Waals surface area contributed by atoms with Gasteiger partial charge >= 0.3 is 0 Å². The Morgan fingerprint density at radius 1 is 0.958 bits per heavy atom. The highest BCUT2D eigenvalue weighted by molar-refractivity contribution is 5.78. The van der Waals surface area contributed by atoms with E-state index in [4.69, 9.17) is 0 Å². The van der Waals surface area contributed by atoms with Gasteiger partial charge in [-0.25, -0.2) is 0 Å². The Morgan fingerprint density at radius 2 is 1.58 bits per heavy atom. The first-order valence-corrected chi connectivity index (χ1v) is 9.13. The molecule has 0 heterocycles. The van der Waals surface area contributed by atoms with Gasteiger partial charge in [0, 0.05) is 18.4 Å². The minimum absolute atomic E-state index is 0.121. The minimum Gasteiger partial charge on any atom is -0.353 e. The van der Waals surface area contributed by atoms with E-state index in [1.807, 2.05) is 6.07 Å². The van der Waals surface area contributed by atoms with E-state index in [9.17, 15) is 4.79 Å². The average molecular weight is 321 g/mol. The lowest BCUT2D eigenvalue weighted by Crippen LogP contribution is -2.36. The summed E-state index contributed by atoms with van der Waals surface area (Å²) in [4.78, 5) is 12.6. The molecule has 2 aromatic carbocycles. The maximum atomic E-state index is 12.6. The van der Waals surface area contributed by atoms with Crippen LogP contribution in [0, 0.1) is 6.92 Å². The van der Waals surface area contributed by atoms with Crippen molar-refractivity contribution in [3.63, 3.8) is 0 Å². The highest BCUT2D eigenvalue weighted by Crippen LogP contribution is 2.28. The first-order valence-electron chi connectivity index (χ1n) is 9.13. The second-order valence-electron chi connectivity index (χ2n) is 6.98. The van der Waals surface area contributed by atoms with Gasteiger partial charge < -0.3 is 5.32 Å². The summed E-state index contributed by atoms with van der Waals surface area (Å²) in [7, 11) is 0. The number of hydrogen-bond acceptors (Lipinski definition) is 1. The molecule has 2 aromatic rings. The Labute approximate surface area is 145 Å². The first kappa shape index (κ1) is 16.8. The van der Waals surface area contributed by atoms with Crippen LogP contribution in [0.1, 0.15) is 61.1 Å². The molecule has 2 heteroatoms. The van der Waals surface area contributed by atoms with Crippen LogP contribution in [-0.2, 0) is 4.79 Å².